The second kappa shape index (κ2) is 6.96. The molecule has 0 aromatic heterocycles. The fraction of sp³-hybridized carbons (Fsp3) is 0.455. The van der Waals surface area contributed by atoms with E-state index in [1.54, 1.807) is 6.07 Å². The van der Waals surface area contributed by atoms with Crippen molar-refractivity contribution in [2.75, 3.05) is 6.61 Å². The van der Waals surface area contributed by atoms with Gasteiger partial charge in [-0.1, -0.05) is 19.8 Å². The monoisotopic (exact) mass is 365 g/mol. The van der Waals surface area contributed by atoms with Gasteiger partial charge in [-0.3, -0.25) is 10.1 Å². The Morgan fingerprint density at radius 3 is 2.59 bits per heavy atom. The Balaban J connectivity index is 2.74. The maximum absolute atomic E-state index is 10.7. The number of nitro groups is 1. The van der Waals surface area contributed by atoms with Gasteiger partial charge in [0.25, 0.3) is 5.69 Å². The Labute approximate surface area is 117 Å². The third-order valence-electron chi connectivity index (χ3n) is 2.20. The Morgan fingerprint density at radius 1 is 1.29 bits per heavy atom. The fourth-order valence-electron chi connectivity index (χ4n) is 1.30. The minimum atomic E-state index is -0.435. The highest BCUT2D eigenvalue weighted by Crippen LogP contribution is 2.35. The largest absolute Gasteiger partial charge is 0.492 e. The van der Waals surface area contributed by atoms with Gasteiger partial charge < -0.3 is 4.74 Å². The molecule has 6 heteroatoms. The van der Waals surface area contributed by atoms with Crippen LogP contribution in [0.5, 0.6) is 5.75 Å². The predicted molar refractivity (Wildman–Crippen MR) is 73.5 cm³/mol. The molecule has 0 aliphatic heterocycles. The van der Waals surface area contributed by atoms with Gasteiger partial charge >= 0.3 is 0 Å². The van der Waals surface area contributed by atoms with E-state index in [9.17, 15) is 10.1 Å². The summed E-state index contributed by atoms with van der Waals surface area (Å²) >= 11 is 6.43. The van der Waals surface area contributed by atoms with Crippen molar-refractivity contribution in [1.29, 1.82) is 0 Å². The Kier molecular flexibility index (Phi) is 5.91. The van der Waals surface area contributed by atoms with Crippen molar-refractivity contribution in [2.45, 2.75) is 26.2 Å². The predicted octanol–water partition coefficient (Wildman–Crippen LogP) is 4.69. The van der Waals surface area contributed by atoms with Crippen LogP contribution in [0, 0.1) is 10.1 Å². The van der Waals surface area contributed by atoms with Crippen molar-refractivity contribution in [1.82, 2.24) is 0 Å². The number of benzene rings is 1. The molecule has 0 bridgehead atoms. The zero-order valence-corrected chi connectivity index (χ0v) is 12.6. The zero-order valence-electron chi connectivity index (χ0n) is 9.41. The molecule has 0 radical (unpaired) electrons. The van der Waals surface area contributed by atoms with E-state index < -0.39 is 4.92 Å². The molecule has 94 valence electrons. The fourth-order valence-corrected chi connectivity index (χ4v) is 2.22. The van der Waals surface area contributed by atoms with Crippen LogP contribution in [-0.4, -0.2) is 11.5 Å². The van der Waals surface area contributed by atoms with Crippen molar-refractivity contribution in [2.24, 2.45) is 0 Å². The normalized spacial score (nSPS) is 10.3. The third kappa shape index (κ3) is 4.27. The summed E-state index contributed by atoms with van der Waals surface area (Å²) in [6, 6.07) is 3.06. The van der Waals surface area contributed by atoms with Crippen LogP contribution in [0.4, 0.5) is 5.69 Å². The first-order valence-electron chi connectivity index (χ1n) is 5.32. The van der Waals surface area contributed by atoms with Gasteiger partial charge in [-0.25, -0.2) is 0 Å². The molecule has 0 atom stereocenters. The van der Waals surface area contributed by atoms with E-state index in [2.05, 4.69) is 38.8 Å². The van der Waals surface area contributed by atoms with Gasteiger partial charge in [-0.05, 0) is 38.3 Å². The summed E-state index contributed by atoms with van der Waals surface area (Å²) in [5, 5.41) is 10.7. The molecule has 0 saturated carbocycles. The molecule has 0 spiro atoms. The average molecular weight is 367 g/mol. The summed E-state index contributed by atoms with van der Waals surface area (Å²) < 4.78 is 6.58. The van der Waals surface area contributed by atoms with E-state index in [0.717, 1.165) is 19.3 Å². The first-order valence-corrected chi connectivity index (χ1v) is 6.91. The molecule has 17 heavy (non-hydrogen) atoms. The maximum Gasteiger partial charge on any atom is 0.284 e. The lowest BCUT2D eigenvalue weighted by Gasteiger charge is -2.08. The first kappa shape index (κ1) is 14.4. The highest BCUT2D eigenvalue weighted by atomic mass is 79.9. The molecule has 0 saturated heterocycles. The Morgan fingerprint density at radius 2 is 2.00 bits per heavy atom. The lowest BCUT2D eigenvalue weighted by molar-refractivity contribution is -0.385. The quantitative estimate of drug-likeness (QED) is 0.417. The van der Waals surface area contributed by atoms with E-state index in [1.807, 2.05) is 0 Å². The van der Waals surface area contributed by atoms with Crippen molar-refractivity contribution in [3.05, 3.63) is 31.2 Å². The molecule has 4 nitrogen and oxygen atoms in total. The van der Waals surface area contributed by atoms with Gasteiger partial charge in [0.1, 0.15) is 5.75 Å². The molecule has 0 amide bonds. The molecule has 0 aliphatic rings. The van der Waals surface area contributed by atoms with Crippen LogP contribution in [-0.2, 0) is 0 Å². The van der Waals surface area contributed by atoms with Crippen LogP contribution in [0.15, 0.2) is 21.1 Å². The topological polar surface area (TPSA) is 52.4 Å². The van der Waals surface area contributed by atoms with Gasteiger partial charge in [-0.2, -0.15) is 0 Å². The van der Waals surface area contributed by atoms with Crippen LogP contribution in [0.1, 0.15) is 26.2 Å². The van der Waals surface area contributed by atoms with Crippen LogP contribution < -0.4 is 4.74 Å². The van der Waals surface area contributed by atoms with Gasteiger partial charge in [0.15, 0.2) is 0 Å². The van der Waals surface area contributed by atoms with Crippen LogP contribution in [0.25, 0.3) is 0 Å². The van der Waals surface area contributed by atoms with Gasteiger partial charge in [0.2, 0.25) is 0 Å². The highest BCUT2D eigenvalue weighted by molar-refractivity contribution is 9.11. The number of unbranched alkanes of at least 4 members (excludes halogenated alkanes) is 2. The van der Waals surface area contributed by atoms with E-state index in [-0.39, 0.29) is 5.69 Å². The smallest absolute Gasteiger partial charge is 0.284 e. The summed E-state index contributed by atoms with van der Waals surface area (Å²) in [6.07, 6.45) is 3.23. The van der Waals surface area contributed by atoms with Gasteiger partial charge in [-0.15, -0.1) is 0 Å². The SMILES string of the molecule is CCCCCOc1cc(Br)c([N+](=O)[O-])cc1Br. The Bertz CT molecular complexity index is 410. The van der Waals surface area contributed by atoms with Crippen LogP contribution >= 0.6 is 31.9 Å². The third-order valence-corrected chi connectivity index (χ3v) is 3.46. The number of halogens is 2. The number of nitrogens with zero attached hydrogens (tertiary/aromatic N) is 1. The molecule has 1 aromatic carbocycles. The molecule has 0 N–H and O–H groups in total. The van der Waals surface area contributed by atoms with Crippen molar-refractivity contribution in [3.63, 3.8) is 0 Å². The number of ether oxygens (including phenoxy) is 1. The van der Waals surface area contributed by atoms with E-state index in [4.69, 9.17) is 4.74 Å². The highest BCUT2D eigenvalue weighted by Gasteiger charge is 2.15. The molecule has 1 aromatic rings. The molecule has 0 heterocycles. The molecule has 1 rings (SSSR count). The number of rotatable bonds is 6. The van der Waals surface area contributed by atoms with Crippen LogP contribution in [0.2, 0.25) is 0 Å². The van der Waals surface area contributed by atoms with Gasteiger partial charge in [0.05, 0.1) is 20.5 Å². The average Bonchev–Trinajstić information content (AvgIpc) is 2.28. The second-order valence-corrected chi connectivity index (χ2v) is 5.26. The zero-order chi connectivity index (χ0) is 12.8. The van der Waals surface area contributed by atoms with E-state index in [1.165, 1.54) is 6.07 Å². The van der Waals surface area contributed by atoms with Gasteiger partial charge in [0, 0.05) is 12.1 Å². The first-order chi connectivity index (χ1) is 8.06. The van der Waals surface area contributed by atoms with Crippen molar-refractivity contribution >= 4 is 37.5 Å². The van der Waals surface area contributed by atoms with Crippen LogP contribution in [0.3, 0.4) is 0 Å². The molecule has 0 fully saturated rings. The minimum Gasteiger partial charge on any atom is -0.492 e. The molecular formula is C11H13Br2NO3. The number of nitro benzene ring substituents is 1. The summed E-state index contributed by atoms with van der Waals surface area (Å²) in [5.41, 5.74) is 0.0257. The van der Waals surface area contributed by atoms with Crippen molar-refractivity contribution in [3.8, 4) is 5.75 Å². The maximum atomic E-state index is 10.7. The van der Waals surface area contributed by atoms with Crippen molar-refractivity contribution < 1.29 is 9.66 Å². The number of hydrogen-bond acceptors (Lipinski definition) is 3. The Hall–Kier alpha value is -0.620. The second-order valence-electron chi connectivity index (χ2n) is 3.55. The summed E-state index contributed by atoms with van der Waals surface area (Å²) in [6.45, 7) is 2.75. The summed E-state index contributed by atoms with van der Waals surface area (Å²) in [4.78, 5) is 10.3. The standard InChI is InChI=1S/C11H13Br2NO3/c1-2-3-4-5-17-11-7-8(12)10(14(15)16)6-9(11)13/h6-7H,2-5H2,1H3. The van der Waals surface area contributed by atoms with E-state index in [0.29, 0.717) is 21.3 Å². The molecular weight excluding hydrogens is 354 g/mol. The number of hydrogen-bond donors (Lipinski definition) is 0. The summed E-state index contributed by atoms with van der Waals surface area (Å²) in [7, 11) is 0. The lowest BCUT2D eigenvalue weighted by atomic mass is 10.2. The minimum absolute atomic E-state index is 0.0257. The lowest BCUT2D eigenvalue weighted by Crippen LogP contribution is -1.99. The summed E-state index contributed by atoms with van der Waals surface area (Å²) in [5.74, 6) is 0.624. The molecule has 0 unspecified atom stereocenters. The molecule has 0 aliphatic carbocycles. The van der Waals surface area contributed by atoms with E-state index >= 15 is 0 Å².